The molecular weight excluding hydrogens is 889 g/mol. The molecule has 0 aliphatic heterocycles. The molecule has 0 heterocycles. The standard InChI is InChI=1S/C74H54/c1-73(2)67-41-57(49-14-12-46(13-15-49)47-20-23-51(24-21-47)61-34-28-54-26-25-52-10-7-11-53-29-39-66(61)72(54)71(52)53)30-35-62(67)64-37-32-59(43-69(64)73)60-33-38-65-63-36-31-58(42-68(63)74(3,4)70(65)44-60)50-18-16-48(17-19-50)56-27-22-45-8-5-6-9-55(45)40-56/h5-38,40-44,71H,39H2,1-4H3. The highest BCUT2D eigenvalue weighted by Crippen LogP contribution is 2.54. The second-order valence-corrected chi connectivity index (χ2v) is 22.4. The molecule has 0 N–H and O–H groups in total. The molecule has 350 valence electrons. The quantitative estimate of drug-likeness (QED) is 0.156. The predicted octanol–water partition coefficient (Wildman–Crippen LogP) is 19.5. The van der Waals surface area contributed by atoms with Crippen molar-refractivity contribution in [3.63, 3.8) is 0 Å². The second-order valence-electron chi connectivity index (χ2n) is 22.4. The minimum atomic E-state index is -0.146. The summed E-state index contributed by atoms with van der Waals surface area (Å²) in [5.41, 5.74) is 33.0. The summed E-state index contributed by atoms with van der Waals surface area (Å²) in [6, 6.07) is 76.0. The maximum Gasteiger partial charge on any atom is 0.0345 e. The topological polar surface area (TPSA) is 0 Å². The highest BCUT2D eigenvalue weighted by atomic mass is 14.4. The number of hydrogen-bond acceptors (Lipinski definition) is 0. The van der Waals surface area contributed by atoms with E-state index in [2.05, 4.69) is 264 Å². The molecule has 0 saturated carbocycles. The molecule has 0 heteroatoms. The fourth-order valence-electron chi connectivity index (χ4n) is 13.5. The highest BCUT2D eigenvalue weighted by molar-refractivity contribution is 5.91. The molecule has 0 radical (unpaired) electrons. The van der Waals surface area contributed by atoms with Crippen LogP contribution in [0.3, 0.4) is 0 Å². The van der Waals surface area contributed by atoms with Crippen LogP contribution in [-0.2, 0) is 17.3 Å². The molecule has 5 aliphatic carbocycles. The molecule has 0 amide bonds. The smallest absolute Gasteiger partial charge is 0.0345 e. The third-order valence-corrected chi connectivity index (χ3v) is 17.7. The third-order valence-electron chi connectivity index (χ3n) is 17.7. The molecule has 0 spiro atoms. The first-order valence-corrected chi connectivity index (χ1v) is 26.5. The Morgan fingerprint density at radius 1 is 0.338 bits per heavy atom. The van der Waals surface area contributed by atoms with E-state index in [1.807, 2.05) is 0 Å². The summed E-state index contributed by atoms with van der Waals surface area (Å²) in [5, 5.41) is 2.54. The predicted molar refractivity (Wildman–Crippen MR) is 312 cm³/mol. The maximum atomic E-state index is 2.47. The fourth-order valence-corrected chi connectivity index (χ4v) is 13.5. The molecule has 10 aromatic rings. The molecule has 1 atom stereocenters. The van der Waals surface area contributed by atoms with Gasteiger partial charge in [-0.25, -0.2) is 0 Å². The lowest BCUT2D eigenvalue weighted by Gasteiger charge is -2.34. The van der Waals surface area contributed by atoms with Crippen LogP contribution in [0.15, 0.2) is 242 Å². The molecule has 0 bridgehead atoms. The first-order valence-electron chi connectivity index (χ1n) is 26.5. The number of benzene rings is 10. The Kier molecular flexibility index (Phi) is 9.28. The van der Waals surface area contributed by atoms with E-state index >= 15 is 0 Å². The Labute approximate surface area is 435 Å². The molecule has 0 fully saturated rings. The van der Waals surface area contributed by atoms with Gasteiger partial charge in [0, 0.05) is 16.7 Å². The van der Waals surface area contributed by atoms with Crippen molar-refractivity contribution in [3.8, 4) is 89.0 Å². The van der Waals surface area contributed by atoms with Gasteiger partial charge in [-0.05, 0) is 187 Å². The van der Waals surface area contributed by atoms with Crippen molar-refractivity contribution < 1.29 is 0 Å². The molecular formula is C74H54. The van der Waals surface area contributed by atoms with Gasteiger partial charge in [0.1, 0.15) is 0 Å². The summed E-state index contributed by atoms with van der Waals surface area (Å²) in [4.78, 5) is 0. The summed E-state index contributed by atoms with van der Waals surface area (Å²) in [5.74, 6) is 0.366. The Balaban J connectivity index is 0.667. The van der Waals surface area contributed by atoms with E-state index in [1.54, 1.807) is 0 Å². The van der Waals surface area contributed by atoms with E-state index in [9.17, 15) is 0 Å². The molecule has 0 nitrogen and oxygen atoms in total. The minimum absolute atomic E-state index is 0.137. The first kappa shape index (κ1) is 43.0. The summed E-state index contributed by atoms with van der Waals surface area (Å²) < 4.78 is 0. The van der Waals surface area contributed by atoms with E-state index < -0.39 is 0 Å². The van der Waals surface area contributed by atoms with Gasteiger partial charge in [-0.3, -0.25) is 0 Å². The zero-order chi connectivity index (χ0) is 49.5. The lowest BCUT2D eigenvalue weighted by Crippen LogP contribution is -2.18. The summed E-state index contributed by atoms with van der Waals surface area (Å²) in [7, 11) is 0. The summed E-state index contributed by atoms with van der Waals surface area (Å²) in [6.45, 7) is 9.60. The zero-order valence-corrected chi connectivity index (χ0v) is 42.3. The van der Waals surface area contributed by atoms with Crippen LogP contribution in [-0.4, -0.2) is 0 Å². The van der Waals surface area contributed by atoms with Crippen LogP contribution >= 0.6 is 0 Å². The van der Waals surface area contributed by atoms with Crippen molar-refractivity contribution in [1.82, 2.24) is 0 Å². The van der Waals surface area contributed by atoms with Gasteiger partial charge in [-0.1, -0.05) is 234 Å². The van der Waals surface area contributed by atoms with Crippen molar-refractivity contribution in [3.05, 3.63) is 281 Å². The Morgan fingerprint density at radius 2 is 0.743 bits per heavy atom. The van der Waals surface area contributed by atoms with E-state index in [-0.39, 0.29) is 10.8 Å². The normalized spacial score (nSPS) is 16.5. The largest absolute Gasteiger partial charge is 0.0759 e. The minimum Gasteiger partial charge on any atom is -0.0759 e. The summed E-state index contributed by atoms with van der Waals surface area (Å²) in [6.07, 6.45) is 14.8. The van der Waals surface area contributed by atoms with Gasteiger partial charge in [0.05, 0.1) is 0 Å². The van der Waals surface area contributed by atoms with Gasteiger partial charge in [-0.15, -0.1) is 0 Å². The van der Waals surface area contributed by atoms with Crippen molar-refractivity contribution >= 4 is 16.8 Å². The van der Waals surface area contributed by atoms with Gasteiger partial charge in [-0.2, -0.15) is 0 Å². The average Bonchev–Trinajstić information content (AvgIpc) is 3.87. The van der Waals surface area contributed by atoms with Gasteiger partial charge >= 0.3 is 0 Å². The number of rotatable bonds is 6. The van der Waals surface area contributed by atoms with Gasteiger partial charge < -0.3 is 0 Å². The van der Waals surface area contributed by atoms with Crippen LogP contribution in [0.5, 0.6) is 0 Å². The van der Waals surface area contributed by atoms with Crippen LogP contribution in [0.2, 0.25) is 0 Å². The molecule has 10 aromatic carbocycles. The lowest BCUT2D eigenvalue weighted by molar-refractivity contribution is 0.660. The molecule has 0 aromatic heterocycles. The lowest BCUT2D eigenvalue weighted by atomic mass is 9.70. The van der Waals surface area contributed by atoms with Crippen molar-refractivity contribution in [1.29, 1.82) is 0 Å². The second kappa shape index (κ2) is 16.0. The molecule has 5 aliphatic rings. The van der Waals surface area contributed by atoms with Crippen LogP contribution in [0.1, 0.15) is 72.6 Å². The third kappa shape index (κ3) is 6.54. The average molecular weight is 943 g/mol. The number of fused-ring (bicyclic) bond motifs is 7. The van der Waals surface area contributed by atoms with Crippen LogP contribution in [0, 0.1) is 0 Å². The zero-order valence-electron chi connectivity index (χ0n) is 42.3. The van der Waals surface area contributed by atoms with Crippen molar-refractivity contribution in [2.45, 2.75) is 50.9 Å². The Bertz CT molecular complexity index is 4160. The van der Waals surface area contributed by atoms with E-state index in [4.69, 9.17) is 0 Å². The molecule has 0 saturated heterocycles. The monoisotopic (exact) mass is 942 g/mol. The molecule has 74 heavy (non-hydrogen) atoms. The van der Waals surface area contributed by atoms with Gasteiger partial charge in [0.25, 0.3) is 0 Å². The van der Waals surface area contributed by atoms with E-state index in [0.29, 0.717) is 5.92 Å². The van der Waals surface area contributed by atoms with Crippen LogP contribution < -0.4 is 0 Å². The number of allylic oxidation sites excluding steroid dienone is 7. The fraction of sp³-hybridized carbons (Fsp3) is 0.108. The Morgan fingerprint density at radius 3 is 1.26 bits per heavy atom. The molecule has 15 rings (SSSR count). The first-order chi connectivity index (χ1) is 36.1. The SMILES string of the molecule is CC1(C)c2cc(-c3ccc(-c4ccc(-c5ccc6c7c5CC=C5C=CC=C(C=C6)C57)cc4)cc3)ccc2-c2ccc(-c3ccc4c(c3)C(C)(C)c3cc(-c5ccc(-c6ccc7ccccc7c6)cc5)ccc3-4)cc21. The Hall–Kier alpha value is -8.58. The van der Waals surface area contributed by atoms with E-state index in [0.717, 1.165) is 6.42 Å². The number of hydrogen-bond donors (Lipinski definition) is 0. The van der Waals surface area contributed by atoms with Gasteiger partial charge in [0.2, 0.25) is 0 Å². The summed E-state index contributed by atoms with van der Waals surface area (Å²) >= 11 is 0. The highest BCUT2D eigenvalue weighted by Gasteiger charge is 2.38. The van der Waals surface area contributed by atoms with Crippen LogP contribution in [0.4, 0.5) is 0 Å². The maximum absolute atomic E-state index is 2.47. The van der Waals surface area contributed by atoms with Crippen molar-refractivity contribution in [2.24, 2.45) is 0 Å². The van der Waals surface area contributed by atoms with E-state index in [1.165, 1.54) is 150 Å². The molecule has 1 unspecified atom stereocenters. The van der Waals surface area contributed by atoms with Crippen molar-refractivity contribution in [2.75, 3.05) is 0 Å². The van der Waals surface area contributed by atoms with Crippen LogP contribution in [0.25, 0.3) is 106 Å². The van der Waals surface area contributed by atoms with Gasteiger partial charge in [0.15, 0.2) is 0 Å².